The maximum atomic E-state index is 13.5. The van der Waals surface area contributed by atoms with Gasteiger partial charge in [0, 0.05) is 52.0 Å². The van der Waals surface area contributed by atoms with Gasteiger partial charge in [-0.1, -0.05) is 54.6 Å². The summed E-state index contributed by atoms with van der Waals surface area (Å²) in [5, 5.41) is 0. The van der Waals surface area contributed by atoms with Gasteiger partial charge in [-0.05, 0) is 43.4 Å². The van der Waals surface area contributed by atoms with E-state index in [9.17, 15) is 19.2 Å². The summed E-state index contributed by atoms with van der Waals surface area (Å²) in [6.07, 6.45) is 1.16. The zero-order chi connectivity index (χ0) is 25.9. The molecule has 2 fully saturated rings. The van der Waals surface area contributed by atoms with Crippen LogP contribution < -0.4 is 0 Å². The molecule has 4 amide bonds. The molecule has 2 aromatic rings. The van der Waals surface area contributed by atoms with E-state index < -0.39 is 5.41 Å². The van der Waals surface area contributed by atoms with E-state index in [2.05, 4.69) is 0 Å². The summed E-state index contributed by atoms with van der Waals surface area (Å²) < 4.78 is 0. The molecule has 1 atom stereocenters. The van der Waals surface area contributed by atoms with Crippen LogP contribution in [0.2, 0.25) is 0 Å². The molecule has 190 valence electrons. The maximum absolute atomic E-state index is 13.5. The highest BCUT2D eigenvalue weighted by Gasteiger charge is 2.53. The molecule has 4 rings (SSSR count). The van der Waals surface area contributed by atoms with Crippen molar-refractivity contribution in [2.75, 3.05) is 33.2 Å². The highest BCUT2D eigenvalue weighted by molar-refractivity contribution is 6.10. The normalized spacial score (nSPS) is 20.6. The molecule has 36 heavy (non-hydrogen) atoms. The van der Waals surface area contributed by atoms with Crippen molar-refractivity contribution in [1.82, 2.24) is 14.7 Å². The van der Waals surface area contributed by atoms with Crippen LogP contribution in [-0.4, -0.2) is 71.6 Å². The summed E-state index contributed by atoms with van der Waals surface area (Å²) in [5.74, 6) is -0.676. The van der Waals surface area contributed by atoms with Gasteiger partial charge in [-0.2, -0.15) is 0 Å². The Morgan fingerprint density at radius 3 is 2.03 bits per heavy atom. The number of hydrogen-bond acceptors (Lipinski definition) is 4. The van der Waals surface area contributed by atoms with Gasteiger partial charge in [-0.25, -0.2) is 0 Å². The molecule has 2 saturated heterocycles. The number of rotatable bonds is 7. The minimum atomic E-state index is -1.20. The molecule has 2 aliphatic heterocycles. The molecule has 0 radical (unpaired) electrons. The average molecular weight is 490 g/mol. The van der Waals surface area contributed by atoms with E-state index in [-0.39, 0.29) is 42.4 Å². The largest absolute Gasteiger partial charge is 0.343 e. The maximum Gasteiger partial charge on any atom is 0.240 e. The summed E-state index contributed by atoms with van der Waals surface area (Å²) >= 11 is 0. The van der Waals surface area contributed by atoms with Gasteiger partial charge >= 0.3 is 0 Å². The van der Waals surface area contributed by atoms with E-state index in [1.54, 1.807) is 4.90 Å². The first-order valence-electron chi connectivity index (χ1n) is 12.8. The topological polar surface area (TPSA) is 78.0 Å². The van der Waals surface area contributed by atoms with Crippen LogP contribution in [0.3, 0.4) is 0 Å². The SMILES string of the molecule is CCN(CC)C(=O)C1CCN(C(=O)CC2(c3ccc(-c4ccccc4)cc3)CC(=O)N(C)C2=O)CC1. The van der Waals surface area contributed by atoms with Gasteiger partial charge in [0.1, 0.15) is 0 Å². The van der Waals surface area contributed by atoms with Crippen LogP contribution in [-0.2, 0) is 24.6 Å². The first kappa shape index (κ1) is 25.6. The molecule has 0 aromatic heterocycles. The lowest BCUT2D eigenvalue weighted by Gasteiger charge is -2.35. The molecule has 1 unspecified atom stereocenters. The molecule has 0 saturated carbocycles. The van der Waals surface area contributed by atoms with Crippen molar-refractivity contribution in [3.8, 4) is 11.1 Å². The molecule has 2 aromatic carbocycles. The summed E-state index contributed by atoms with van der Waals surface area (Å²) in [6.45, 7) is 6.29. The fraction of sp³-hybridized carbons (Fsp3) is 0.448. The van der Waals surface area contributed by atoms with E-state index in [1.807, 2.05) is 73.3 Å². The molecule has 7 nitrogen and oxygen atoms in total. The molecular weight excluding hydrogens is 454 g/mol. The Morgan fingerprint density at radius 1 is 0.917 bits per heavy atom. The van der Waals surface area contributed by atoms with E-state index >= 15 is 0 Å². The van der Waals surface area contributed by atoms with Crippen LogP contribution in [0.15, 0.2) is 54.6 Å². The third kappa shape index (κ3) is 4.79. The zero-order valence-electron chi connectivity index (χ0n) is 21.4. The van der Waals surface area contributed by atoms with Crippen molar-refractivity contribution < 1.29 is 19.2 Å². The van der Waals surface area contributed by atoms with Crippen LogP contribution in [0.5, 0.6) is 0 Å². The number of piperidine rings is 1. The minimum absolute atomic E-state index is 0.0182. The number of likely N-dealkylation sites (tertiary alicyclic amines) is 2. The van der Waals surface area contributed by atoms with Gasteiger partial charge in [0.05, 0.1) is 5.41 Å². The summed E-state index contributed by atoms with van der Waals surface area (Å²) in [5.41, 5.74) is 1.55. The van der Waals surface area contributed by atoms with Gasteiger partial charge in [-0.3, -0.25) is 24.1 Å². The summed E-state index contributed by atoms with van der Waals surface area (Å²) in [7, 11) is 1.49. The van der Waals surface area contributed by atoms with Gasteiger partial charge in [0.25, 0.3) is 0 Å². The second-order valence-corrected chi connectivity index (χ2v) is 9.80. The zero-order valence-corrected chi connectivity index (χ0v) is 21.4. The average Bonchev–Trinajstić information content (AvgIpc) is 3.13. The number of benzene rings is 2. The minimum Gasteiger partial charge on any atom is -0.343 e. The van der Waals surface area contributed by atoms with E-state index in [4.69, 9.17) is 0 Å². The number of nitrogens with zero attached hydrogens (tertiary/aromatic N) is 3. The number of carbonyl (C=O) groups excluding carboxylic acids is 4. The molecule has 7 heteroatoms. The van der Waals surface area contributed by atoms with E-state index in [0.717, 1.165) is 16.0 Å². The van der Waals surface area contributed by atoms with Crippen molar-refractivity contribution in [3.63, 3.8) is 0 Å². The van der Waals surface area contributed by atoms with Crippen LogP contribution in [0.4, 0.5) is 0 Å². The predicted octanol–water partition coefficient (Wildman–Crippen LogP) is 3.48. The first-order chi connectivity index (χ1) is 17.3. The molecule has 0 aliphatic carbocycles. The number of amides is 4. The molecule has 2 aliphatic rings. The number of imide groups is 1. The molecule has 0 bridgehead atoms. The monoisotopic (exact) mass is 489 g/mol. The van der Waals surface area contributed by atoms with Gasteiger partial charge in [0.2, 0.25) is 23.6 Å². The number of likely N-dealkylation sites (N-methyl/N-ethyl adjacent to an activating group) is 1. The van der Waals surface area contributed by atoms with Crippen molar-refractivity contribution >= 4 is 23.6 Å². The van der Waals surface area contributed by atoms with Crippen LogP contribution in [0, 0.1) is 5.92 Å². The lowest BCUT2D eigenvalue weighted by Crippen LogP contribution is -2.47. The summed E-state index contributed by atoms with van der Waals surface area (Å²) in [4.78, 5) is 56.9. The quantitative estimate of drug-likeness (QED) is 0.558. The lowest BCUT2D eigenvalue weighted by molar-refractivity contribution is -0.143. The highest BCUT2D eigenvalue weighted by Crippen LogP contribution is 2.40. The Kier molecular flexibility index (Phi) is 7.57. The van der Waals surface area contributed by atoms with Crippen molar-refractivity contribution in [3.05, 3.63) is 60.2 Å². The third-order valence-electron chi connectivity index (χ3n) is 7.81. The molecular formula is C29H35N3O4. The van der Waals surface area contributed by atoms with Crippen molar-refractivity contribution in [2.24, 2.45) is 5.92 Å². The van der Waals surface area contributed by atoms with Gasteiger partial charge in [-0.15, -0.1) is 0 Å². The molecule has 0 N–H and O–H groups in total. The van der Waals surface area contributed by atoms with Crippen LogP contribution in [0.25, 0.3) is 11.1 Å². The Bertz CT molecular complexity index is 1120. The Hall–Kier alpha value is -3.48. The van der Waals surface area contributed by atoms with Crippen molar-refractivity contribution in [2.45, 2.75) is 44.9 Å². The van der Waals surface area contributed by atoms with Crippen LogP contribution in [0.1, 0.15) is 45.1 Å². The predicted molar refractivity (Wildman–Crippen MR) is 138 cm³/mol. The Labute approximate surface area is 213 Å². The summed E-state index contributed by atoms with van der Waals surface area (Å²) in [6, 6.07) is 17.5. The second-order valence-electron chi connectivity index (χ2n) is 9.80. The molecule has 0 spiro atoms. The van der Waals surface area contributed by atoms with E-state index in [1.165, 1.54) is 7.05 Å². The Morgan fingerprint density at radius 2 is 1.50 bits per heavy atom. The fourth-order valence-corrected chi connectivity index (χ4v) is 5.50. The van der Waals surface area contributed by atoms with Crippen molar-refractivity contribution in [1.29, 1.82) is 0 Å². The van der Waals surface area contributed by atoms with Gasteiger partial charge < -0.3 is 9.80 Å². The fourth-order valence-electron chi connectivity index (χ4n) is 5.50. The first-order valence-corrected chi connectivity index (χ1v) is 12.8. The second kappa shape index (κ2) is 10.6. The molecule has 2 heterocycles. The highest BCUT2D eigenvalue weighted by atomic mass is 16.2. The lowest BCUT2D eigenvalue weighted by atomic mass is 9.75. The van der Waals surface area contributed by atoms with E-state index in [0.29, 0.717) is 44.6 Å². The third-order valence-corrected chi connectivity index (χ3v) is 7.81. The van der Waals surface area contributed by atoms with Crippen LogP contribution >= 0.6 is 0 Å². The standard InChI is InChI=1S/C29H35N3O4/c1-4-31(5-2)27(35)23-15-17-32(18-16-23)26(34)20-29(19-25(33)30(3)28(29)36)24-13-11-22(12-14-24)21-9-7-6-8-10-21/h6-14,23H,4-5,15-20H2,1-3H3. The van der Waals surface area contributed by atoms with Gasteiger partial charge in [0.15, 0.2) is 0 Å². The smallest absolute Gasteiger partial charge is 0.240 e. The number of carbonyl (C=O) groups is 4. The Balaban J connectivity index is 1.52. The number of hydrogen-bond donors (Lipinski definition) is 0.